The maximum Gasteiger partial charge on any atom is 0.142 e. The van der Waals surface area contributed by atoms with Crippen molar-refractivity contribution in [2.75, 3.05) is 5.32 Å². The number of aromatic nitrogens is 2. The molecule has 0 aliphatic heterocycles. The number of benzene rings is 1. The van der Waals surface area contributed by atoms with Crippen LogP contribution in [0, 0.1) is 13.8 Å². The molecular weight excluding hydrogens is 258 g/mol. The Morgan fingerprint density at radius 2 is 2.00 bits per heavy atom. The molecular formula is C14H13N3OS. The van der Waals surface area contributed by atoms with Gasteiger partial charge >= 0.3 is 0 Å². The number of rotatable bonds is 2. The Kier molecular flexibility index (Phi) is 2.83. The summed E-state index contributed by atoms with van der Waals surface area (Å²) in [7, 11) is 0. The van der Waals surface area contributed by atoms with Gasteiger partial charge in [0, 0.05) is 4.88 Å². The van der Waals surface area contributed by atoms with Gasteiger partial charge in [-0.25, -0.2) is 9.97 Å². The molecule has 96 valence electrons. The number of phenolic OH excluding ortho intramolecular Hbond substituents is 1. The standard InChI is InChI=1S/C14H13N3OS/c1-8-3-4-12(18)11(5-8)17-13-10-6-9(2)19-14(10)16-7-15-13/h3-7,18H,1-2H3,(H,15,16,17). The number of aromatic hydroxyl groups is 1. The maximum atomic E-state index is 9.87. The number of hydrogen-bond donors (Lipinski definition) is 2. The average Bonchev–Trinajstić information content (AvgIpc) is 2.75. The molecule has 1 aromatic carbocycles. The Bertz CT molecular complexity index is 752. The topological polar surface area (TPSA) is 58.0 Å². The predicted molar refractivity (Wildman–Crippen MR) is 78.3 cm³/mol. The number of nitrogens with one attached hydrogen (secondary N) is 1. The van der Waals surface area contributed by atoms with Crippen LogP contribution in [0.25, 0.3) is 10.2 Å². The molecule has 0 bridgehead atoms. The average molecular weight is 271 g/mol. The molecule has 0 fully saturated rings. The van der Waals surface area contributed by atoms with Crippen LogP contribution in [0.5, 0.6) is 5.75 Å². The van der Waals surface area contributed by atoms with Gasteiger partial charge in [0.2, 0.25) is 0 Å². The Balaban J connectivity index is 2.08. The van der Waals surface area contributed by atoms with Gasteiger partial charge in [-0.3, -0.25) is 0 Å². The summed E-state index contributed by atoms with van der Waals surface area (Å²) in [5.41, 5.74) is 1.73. The first kappa shape index (κ1) is 11.9. The molecule has 0 aliphatic rings. The van der Waals surface area contributed by atoms with Gasteiger partial charge in [-0.05, 0) is 37.6 Å². The van der Waals surface area contributed by atoms with Crippen molar-refractivity contribution < 1.29 is 5.11 Å². The van der Waals surface area contributed by atoms with E-state index in [-0.39, 0.29) is 5.75 Å². The Morgan fingerprint density at radius 1 is 1.16 bits per heavy atom. The molecule has 0 saturated carbocycles. The first-order valence-electron chi connectivity index (χ1n) is 5.91. The van der Waals surface area contributed by atoms with Crippen molar-refractivity contribution in [2.45, 2.75) is 13.8 Å². The van der Waals surface area contributed by atoms with Crippen molar-refractivity contribution in [3.8, 4) is 5.75 Å². The third-order valence-corrected chi connectivity index (χ3v) is 3.82. The molecule has 3 aromatic rings. The summed E-state index contributed by atoms with van der Waals surface area (Å²) >= 11 is 1.63. The van der Waals surface area contributed by atoms with Crippen molar-refractivity contribution >= 4 is 33.1 Å². The number of nitrogens with zero attached hydrogens (tertiary/aromatic N) is 2. The molecule has 4 nitrogen and oxygen atoms in total. The first-order valence-corrected chi connectivity index (χ1v) is 6.73. The van der Waals surface area contributed by atoms with Crippen LogP contribution in [0.15, 0.2) is 30.6 Å². The number of phenols is 1. The van der Waals surface area contributed by atoms with Gasteiger partial charge in [0.15, 0.2) is 0 Å². The van der Waals surface area contributed by atoms with Crippen molar-refractivity contribution in [3.63, 3.8) is 0 Å². The highest BCUT2D eigenvalue weighted by molar-refractivity contribution is 7.18. The zero-order valence-corrected chi connectivity index (χ0v) is 11.5. The van der Waals surface area contributed by atoms with Crippen LogP contribution in [0.4, 0.5) is 11.5 Å². The first-order chi connectivity index (χ1) is 9.13. The van der Waals surface area contributed by atoms with E-state index in [0.717, 1.165) is 21.6 Å². The van der Waals surface area contributed by atoms with Crippen molar-refractivity contribution in [3.05, 3.63) is 41.0 Å². The van der Waals surface area contributed by atoms with Crippen LogP contribution in [0.1, 0.15) is 10.4 Å². The van der Waals surface area contributed by atoms with Gasteiger partial charge < -0.3 is 10.4 Å². The summed E-state index contributed by atoms with van der Waals surface area (Å²) in [6, 6.07) is 7.48. The van der Waals surface area contributed by atoms with E-state index in [1.165, 1.54) is 11.2 Å². The summed E-state index contributed by atoms with van der Waals surface area (Å²) in [6.07, 6.45) is 1.54. The molecule has 0 spiro atoms. The van der Waals surface area contributed by atoms with Crippen LogP contribution >= 0.6 is 11.3 Å². The highest BCUT2D eigenvalue weighted by Gasteiger charge is 2.09. The third-order valence-electron chi connectivity index (χ3n) is 2.86. The lowest BCUT2D eigenvalue weighted by Crippen LogP contribution is -1.95. The minimum absolute atomic E-state index is 0.212. The SMILES string of the molecule is Cc1ccc(O)c(Nc2ncnc3sc(C)cc23)c1. The summed E-state index contributed by atoms with van der Waals surface area (Å²) in [5.74, 6) is 0.930. The fraction of sp³-hybridized carbons (Fsp3) is 0.143. The second-order valence-electron chi connectivity index (χ2n) is 4.44. The molecule has 0 atom stereocenters. The van der Waals surface area contributed by atoms with Crippen molar-refractivity contribution in [2.24, 2.45) is 0 Å². The van der Waals surface area contributed by atoms with E-state index < -0.39 is 0 Å². The number of anilines is 2. The second-order valence-corrected chi connectivity index (χ2v) is 5.68. The second kappa shape index (κ2) is 4.51. The molecule has 0 saturated heterocycles. The molecule has 19 heavy (non-hydrogen) atoms. The summed E-state index contributed by atoms with van der Waals surface area (Å²) in [6.45, 7) is 4.02. The van der Waals surface area contributed by atoms with Gasteiger partial charge in [-0.1, -0.05) is 6.07 Å². The zero-order valence-electron chi connectivity index (χ0n) is 10.6. The molecule has 0 radical (unpaired) electrons. The number of aryl methyl sites for hydroxylation is 2. The molecule has 2 heterocycles. The van der Waals surface area contributed by atoms with Crippen LogP contribution in [0.2, 0.25) is 0 Å². The van der Waals surface area contributed by atoms with Crippen LogP contribution in [-0.4, -0.2) is 15.1 Å². The van der Waals surface area contributed by atoms with Crippen molar-refractivity contribution in [1.82, 2.24) is 9.97 Å². The molecule has 0 unspecified atom stereocenters. The third kappa shape index (κ3) is 2.24. The maximum absolute atomic E-state index is 9.87. The summed E-state index contributed by atoms with van der Waals surface area (Å²) < 4.78 is 0. The molecule has 0 aliphatic carbocycles. The lowest BCUT2D eigenvalue weighted by molar-refractivity contribution is 0.477. The normalized spacial score (nSPS) is 10.8. The van der Waals surface area contributed by atoms with E-state index >= 15 is 0 Å². The summed E-state index contributed by atoms with van der Waals surface area (Å²) in [4.78, 5) is 10.6. The lowest BCUT2D eigenvalue weighted by Gasteiger charge is -2.09. The lowest BCUT2D eigenvalue weighted by atomic mass is 10.2. The molecule has 0 amide bonds. The van der Waals surface area contributed by atoms with E-state index in [1.54, 1.807) is 17.4 Å². The molecule has 5 heteroatoms. The Morgan fingerprint density at radius 3 is 2.84 bits per heavy atom. The highest BCUT2D eigenvalue weighted by Crippen LogP contribution is 2.32. The van der Waals surface area contributed by atoms with Gasteiger partial charge in [0.05, 0.1) is 11.1 Å². The van der Waals surface area contributed by atoms with Crippen LogP contribution in [-0.2, 0) is 0 Å². The van der Waals surface area contributed by atoms with E-state index in [4.69, 9.17) is 0 Å². The number of hydrogen-bond acceptors (Lipinski definition) is 5. The highest BCUT2D eigenvalue weighted by atomic mass is 32.1. The van der Waals surface area contributed by atoms with E-state index in [9.17, 15) is 5.11 Å². The Labute approximate surface area is 114 Å². The smallest absolute Gasteiger partial charge is 0.142 e. The minimum atomic E-state index is 0.212. The molecule has 2 aromatic heterocycles. The summed E-state index contributed by atoms with van der Waals surface area (Å²) in [5, 5.41) is 14.0. The Hall–Kier alpha value is -2.14. The fourth-order valence-electron chi connectivity index (χ4n) is 1.95. The van der Waals surface area contributed by atoms with Crippen LogP contribution in [0.3, 0.4) is 0 Å². The predicted octanol–water partition coefficient (Wildman–Crippen LogP) is 3.76. The van der Waals surface area contributed by atoms with Gasteiger partial charge in [-0.15, -0.1) is 11.3 Å². The van der Waals surface area contributed by atoms with Crippen LogP contribution < -0.4 is 5.32 Å². The minimum Gasteiger partial charge on any atom is -0.506 e. The molecule has 2 N–H and O–H groups in total. The number of fused-ring (bicyclic) bond motifs is 1. The zero-order chi connectivity index (χ0) is 13.4. The van der Waals surface area contributed by atoms with Gasteiger partial charge in [0.25, 0.3) is 0 Å². The molecule has 3 rings (SSSR count). The van der Waals surface area contributed by atoms with Crippen molar-refractivity contribution in [1.29, 1.82) is 0 Å². The van der Waals surface area contributed by atoms with Gasteiger partial charge in [0.1, 0.15) is 22.7 Å². The largest absolute Gasteiger partial charge is 0.506 e. The van der Waals surface area contributed by atoms with Gasteiger partial charge in [-0.2, -0.15) is 0 Å². The number of thiophene rings is 1. The monoisotopic (exact) mass is 271 g/mol. The van der Waals surface area contributed by atoms with E-state index in [0.29, 0.717) is 5.69 Å². The fourth-order valence-corrected chi connectivity index (χ4v) is 2.80. The van der Waals surface area contributed by atoms with E-state index in [1.807, 2.05) is 26.0 Å². The quantitative estimate of drug-likeness (QED) is 0.697. The van der Waals surface area contributed by atoms with E-state index in [2.05, 4.69) is 21.4 Å².